The number of rotatable bonds is 9. The number of benzene rings is 3. The van der Waals surface area contributed by atoms with Crippen molar-refractivity contribution in [3.8, 4) is 0 Å². The predicted octanol–water partition coefficient (Wildman–Crippen LogP) is 5.83. The van der Waals surface area contributed by atoms with Crippen molar-refractivity contribution < 1.29 is 4.21 Å². The molecule has 0 spiro atoms. The molecule has 0 radical (unpaired) electrons. The highest BCUT2D eigenvalue weighted by molar-refractivity contribution is 7.85. The van der Waals surface area contributed by atoms with Crippen LogP contribution in [-0.4, -0.2) is 26.1 Å². The number of nitrogens with zero attached hydrogens (tertiary/aromatic N) is 2. The van der Waals surface area contributed by atoms with Gasteiger partial charge >= 0.3 is 0 Å². The van der Waals surface area contributed by atoms with E-state index in [2.05, 4.69) is 82.1 Å². The van der Waals surface area contributed by atoms with Gasteiger partial charge in [-0.2, -0.15) is 4.40 Å². The van der Waals surface area contributed by atoms with Crippen LogP contribution in [0.5, 0.6) is 0 Å². The second kappa shape index (κ2) is 11.2. The predicted molar refractivity (Wildman–Crippen MR) is 132 cm³/mol. The summed E-state index contributed by atoms with van der Waals surface area (Å²) in [6.07, 6.45) is 2.71. The standard InChI is InChI=1S/C27H32N2OS/c1-27(2,3)31(30)28-20-26(19-23-13-7-4-8-14-23)29(21-24-15-9-5-10-16-24)22-25-17-11-6-12-18-25/h4-18,20,26H,19,21-22H2,1-3H3/b28-20+/t26-,31+/m0/s1. The van der Waals surface area contributed by atoms with Crippen molar-refractivity contribution in [2.45, 2.75) is 51.1 Å². The third-order valence-corrected chi connectivity index (χ3v) is 6.43. The van der Waals surface area contributed by atoms with Crippen LogP contribution in [0, 0.1) is 0 Å². The van der Waals surface area contributed by atoms with E-state index < -0.39 is 11.0 Å². The molecule has 3 nitrogen and oxygen atoms in total. The lowest BCUT2D eigenvalue weighted by molar-refractivity contribution is 0.225. The van der Waals surface area contributed by atoms with Crippen LogP contribution < -0.4 is 0 Å². The molecule has 0 amide bonds. The maximum atomic E-state index is 12.7. The summed E-state index contributed by atoms with van der Waals surface area (Å²) in [5.41, 5.74) is 3.75. The molecule has 0 saturated heterocycles. The smallest absolute Gasteiger partial charge is 0.144 e. The molecule has 3 aromatic carbocycles. The third-order valence-electron chi connectivity index (χ3n) is 5.07. The van der Waals surface area contributed by atoms with Crippen molar-refractivity contribution in [2.75, 3.05) is 0 Å². The van der Waals surface area contributed by atoms with Crippen LogP contribution in [0.15, 0.2) is 95.4 Å². The lowest BCUT2D eigenvalue weighted by atomic mass is 10.0. The Morgan fingerprint density at radius 2 is 1.19 bits per heavy atom. The molecule has 2 atom stereocenters. The van der Waals surface area contributed by atoms with Crippen LogP contribution in [0.1, 0.15) is 37.5 Å². The minimum Gasteiger partial charge on any atom is -0.287 e. The van der Waals surface area contributed by atoms with Crippen LogP contribution >= 0.6 is 0 Å². The molecule has 0 bridgehead atoms. The van der Waals surface area contributed by atoms with Gasteiger partial charge in [-0.25, -0.2) is 4.21 Å². The Bertz CT molecular complexity index is 925. The largest absolute Gasteiger partial charge is 0.287 e. The Balaban J connectivity index is 1.93. The quantitative estimate of drug-likeness (QED) is 0.398. The maximum Gasteiger partial charge on any atom is 0.144 e. The van der Waals surface area contributed by atoms with Gasteiger partial charge in [0.15, 0.2) is 0 Å². The van der Waals surface area contributed by atoms with Crippen LogP contribution in [-0.2, 0) is 30.5 Å². The maximum absolute atomic E-state index is 12.7. The van der Waals surface area contributed by atoms with Crippen LogP contribution in [0.25, 0.3) is 0 Å². The first-order valence-electron chi connectivity index (χ1n) is 10.7. The number of hydrogen-bond donors (Lipinski definition) is 0. The highest BCUT2D eigenvalue weighted by Crippen LogP contribution is 2.18. The average molecular weight is 433 g/mol. The summed E-state index contributed by atoms with van der Waals surface area (Å²) in [5.74, 6) is 0. The fraction of sp³-hybridized carbons (Fsp3) is 0.296. The number of hydrogen-bond acceptors (Lipinski definition) is 2. The summed E-state index contributed by atoms with van der Waals surface area (Å²) in [5, 5.41) is 0. The van der Waals surface area contributed by atoms with E-state index in [0.717, 1.165) is 19.5 Å². The van der Waals surface area contributed by atoms with E-state index in [1.165, 1.54) is 16.7 Å². The fourth-order valence-electron chi connectivity index (χ4n) is 3.34. The Morgan fingerprint density at radius 1 is 0.774 bits per heavy atom. The van der Waals surface area contributed by atoms with Crippen molar-refractivity contribution >= 4 is 17.2 Å². The molecule has 0 heterocycles. The molecule has 0 fully saturated rings. The molecule has 0 N–H and O–H groups in total. The highest BCUT2D eigenvalue weighted by atomic mass is 32.2. The Kier molecular flexibility index (Phi) is 8.33. The van der Waals surface area contributed by atoms with E-state index >= 15 is 0 Å². The highest BCUT2D eigenvalue weighted by Gasteiger charge is 2.22. The van der Waals surface area contributed by atoms with Crippen LogP contribution in [0.4, 0.5) is 0 Å². The van der Waals surface area contributed by atoms with Crippen LogP contribution in [0.3, 0.4) is 0 Å². The van der Waals surface area contributed by atoms with Gasteiger partial charge in [-0.1, -0.05) is 91.0 Å². The second-order valence-electron chi connectivity index (χ2n) is 8.75. The second-order valence-corrected chi connectivity index (χ2v) is 10.7. The van der Waals surface area contributed by atoms with Crippen molar-refractivity contribution in [3.63, 3.8) is 0 Å². The van der Waals surface area contributed by atoms with Crippen molar-refractivity contribution in [1.29, 1.82) is 0 Å². The first-order chi connectivity index (χ1) is 14.9. The van der Waals surface area contributed by atoms with E-state index in [0.29, 0.717) is 0 Å². The van der Waals surface area contributed by atoms with E-state index in [4.69, 9.17) is 0 Å². The normalized spacial score (nSPS) is 14.1. The monoisotopic (exact) mass is 432 g/mol. The van der Waals surface area contributed by atoms with Gasteiger partial charge in [-0.05, 0) is 43.9 Å². The van der Waals surface area contributed by atoms with E-state index in [1.54, 1.807) is 0 Å². The van der Waals surface area contributed by atoms with E-state index in [-0.39, 0.29) is 10.8 Å². The molecule has 0 aromatic heterocycles. The Hall–Kier alpha value is -2.56. The summed E-state index contributed by atoms with van der Waals surface area (Å²) in [6.45, 7) is 7.46. The van der Waals surface area contributed by atoms with Crippen molar-refractivity contribution in [1.82, 2.24) is 4.90 Å². The first kappa shape index (κ1) is 23.1. The third kappa shape index (κ3) is 7.57. The molecule has 3 rings (SSSR count). The average Bonchev–Trinajstić information content (AvgIpc) is 2.77. The van der Waals surface area contributed by atoms with Gasteiger partial charge in [0.25, 0.3) is 0 Å². The molecule has 31 heavy (non-hydrogen) atoms. The van der Waals surface area contributed by atoms with E-state index in [9.17, 15) is 4.21 Å². The van der Waals surface area contributed by atoms with Gasteiger partial charge in [0.05, 0.1) is 10.8 Å². The zero-order valence-electron chi connectivity index (χ0n) is 18.6. The molecule has 0 aliphatic rings. The Labute approximate surface area is 189 Å². The molecule has 0 aliphatic carbocycles. The zero-order chi connectivity index (χ0) is 22.1. The topological polar surface area (TPSA) is 32.7 Å². The molecular formula is C27H32N2OS. The van der Waals surface area contributed by atoms with Gasteiger partial charge in [0.1, 0.15) is 11.0 Å². The zero-order valence-corrected chi connectivity index (χ0v) is 19.5. The van der Waals surface area contributed by atoms with Crippen LogP contribution in [0.2, 0.25) is 0 Å². The summed E-state index contributed by atoms with van der Waals surface area (Å²) < 4.78 is 16.8. The SMILES string of the molecule is CC(C)(C)[S@@](=O)/N=C/[C@H](Cc1ccccc1)N(Cc1ccccc1)Cc1ccccc1. The molecule has 0 unspecified atom stereocenters. The molecule has 162 valence electrons. The molecular weight excluding hydrogens is 400 g/mol. The lowest BCUT2D eigenvalue weighted by Gasteiger charge is -2.30. The molecule has 0 aliphatic heterocycles. The van der Waals surface area contributed by atoms with Gasteiger partial charge in [0.2, 0.25) is 0 Å². The Morgan fingerprint density at radius 3 is 1.61 bits per heavy atom. The molecule has 4 heteroatoms. The summed E-state index contributed by atoms with van der Waals surface area (Å²) >= 11 is 0. The lowest BCUT2D eigenvalue weighted by Crippen LogP contribution is -2.37. The van der Waals surface area contributed by atoms with Gasteiger partial charge in [-0.15, -0.1) is 0 Å². The summed E-state index contributed by atoms with van der Waals surface area (Å²) in [6, 6.07) is 31.5. The summed E-state index contributed by atoms with van der Waals surface area (Å²) in [7, 11) is -1.28. The van der Waals surface area contributed by atoms with Crippen molar-refractivity contribution in [2.24, 2.45) is 4.40 Å². The van der Waals surface area contributed by atoms with Crippen molar-refractivity contribution in [3.05, 3.63) is 108 Å². The van der Waals surface area contributed by atoms with Gasteiger partial charge in [0, 0.05) is 19.3 Å². The molecule has 3 aromatic rings. The minimum absolute atomic E-state index is 0.0223. The minimum atomic E-state index is -1.28. The van der Waals surface area contributed by atoms with Gasteiger partial charge < -0.3 is 0 Å². The summed E-state index contributed by atoms with van der Waals surface area (Å²) in [4.78, 5) is 2.42. The first-order valence-corrected chi connectivity index (χ1v) is 11.8. The molecule has 0 saturated carbocycles. The van der Waals surface area contributed by atoms with E-state index in [1.807, 2.05) is 45.2 Å². The van der Waals surface area contributed by atoms with Gasteiger partial charge in [-0.3, -0.25) is 4.90 Å². The fourth-order valence-corrected chi connectivity index (χ4v) is 3.91.